The highest BCUT2D eigenvalue weighted by Gasteiger charge is 2.21. The summed E-state index contributed by atoms with van der Waals surface area (Å²) < 4.78 is 6.55. The molecular formula is C27H25N3O2S. The summed E-state index contributed by atoms with van der Waals surface area (Å²) in [6, 6.07) is 16.3. The minimum absolute atomic E-state index is 0.0988. The fourth-order valence-electron chi connectivity index (χ4n) is 3.88. The molecule has 1 unspecified atom stereocenters. The SMILES string of the molecule is CC(C)(C)OC(=O)c1cc2c(ccc3cnc(NC4C=C(c5ccccc5)C=CC4)nc32)s1. The molecule has 6 heteroatoms. The Hall–Kier alpha value is -3.51. The average Bonchev–Trinajstić information content (AvgIpc) is 3.24. The quantitative estimate of drug-likeness (QED) is 0.350. The standard InChI is InChI=1S/C27H25N3O2S/c1-27(2,3)32-25(31)23-15-21-22(33-23)13-12-19-16-28-26(30-24(19)21)29-20-11-7-10-18(14-20)17-8-5-4-6-9-17/h4-10,12-16,20H,11H2,1-3H3,(H,28,29,30). The number of anilines is 1. The van der Waals surface area contributed by atoms with Crippen LogP contribution in [0.25, 0.3) is 26.6 Å². The van der Waals surface area contributed by atoms with Crippen LogP contribution < -0.4 is 5.32 Å². The Morgan fingerprint density at radius 2 is 1.97 bits per heavy atom. The smallest absolute Gasteiger partial charge is 0.348 e. The van der Waals surface area contributed by atoms with Gasteiger partial charge in [-0.05, 0) is 56.5 Å². The van der Waals surface area contributed by atoms with Gasteiger partial charge in [0.1, 0.15) is 10.5 Å². The van der Waals surface area contributed by atoms with Crippen molar-refractivity contribution in [2.45, 2.75) is 38.8 Å². The van der Waals surface area contributed by atoms with E-state index in [1.165, 1.54) is 22.5 Å². The largest absolute Gasteiger partial charge is 0.456 e. The third-order valence-corrected chi connectivity index (χ3v) is 6.42. The van der Waals surface area contributed by atoms with Gasteiger partial charge in [0.05, 0.1) is 11.6 Å². The molecule has 1 N–H and O–H groups in total. The Kier molecular flexibility index (Phi) is 5.46. The Labute approximate surface area is 196 Å². The minimum Gasteiger partial charge on any atom is -0.456 e. The second-order valence-corrected chi connectivity index (χ2v) is 10.2. The molecule has 4 aromatic rings. The number of carbonyl (C=O) groups excluding carboxylic acids is 1. The van der Waals surface area contributed by atoms with Crippen LogP contribution in [0.15, 0.2) is 73.0 Å². The lowest BCUT2D eigenvalue weighted by Gasteiger charge is -2.18. The normalized spacial score (nSPS) is 16.1. The van der Waals surface area contributed by atoms with Crippen LogP contribution in [0.5, 0.6) is 0 Å². The second kappa shape index (κ2) is 8.45. The summed E-state index contributed by atoms with van der Waals surface area (Å²) in [7, 11) is 0. The number of ether oxygens (including phenoxy) is 1. The fraction of sp³-hybridized carbons (Fsp3) is 0.222. The van der Waals surface area contributed by atoms with Crippen LogP contribution in [0, 0.1) is 0 Å². The van der Waals surface area contributed by atoms with Gasteiger partial charge in [-0.3, -0.25) is 0 Å². The molecule has 0 saturated heterocycles. The van der Waals surface area contributed by atoms with Crippen LogP contribution in [0.4, 0.5) is 5.95 Å². The van der Waals surface area contributed by atoms with Gasteiger partial charge in [0.2, 0.25) is 5.95 Å². The summed E-state index contributed by atoms with van der Waals surface area (Å²) in [5.74, 6) is 0.265. The number of fused-ring (bicyclic) bond motifs is 3. The Balaban J connectivity index is 1.45. The molecule has 2 aromatic carbocycles. The third kappa shape index (κ3) is 4.66. The maximum absolute atomic E-state index is 12.6. The van der Waals surface area contributed by atoms with Gasteiger partial charge in [-0.25, -0.2) is 14.8 Å². The van der Waals surface area contributed by atoms with Crippen LogP contribution >= 0.6 is 11.3 Å². The van der Waals surface area contributed by atoms with Crippen LogP contribution in [-0.4, -0.2) is 27.6 Å². The van der Waals surface area contributed by atoms with E-state index in [1.807, 2.05) is 63.4 Å². The molecule has 33 heavy (non-hydrogen) atoms. The Bertz CT molecular complexity index is 1400. The summed E-state index contributed by atoms with van der Waals surface area (Å²) >= 11 is 1.43. The molecule has 2 aromatic heterocycles. The number of nitrogens with zero attached hydrogens (tertiary/aromatic N) is 2. The highest BCUT2D eigenvalue weighted by molar-refractivity contribution is 7.20. The van der Waals surface area contributed by atoms with Crippen molar-refractivity contribution in [2.24, 2.45) is 0 Å². The van der Waals surface area contributed by atoms with Gasteiger partial charge in [0.15, 0.2) is 0 Å². The van der Waals surface area contributed by atoms with E-state index in [4.69, 9.17) is 9.72 Å². The van der Waals surface area contributed by atoms with E-state index in [9.17, 15) is 4.79 Å². The zero-order chi connectivity index (χ0) is 23.0. The van der Waals surface area contributed by atoms with Crippen molar-refractivity contribution >= 4 is 49.8 Å². The molecule has 5 nitrogen and oxygen atoms in total. The van der Waals surface area contributed by atoms with Crippen LogP contribution in [0.3, 0.4) is 0 Å². The fourth-order valence-corrected chi connectivity index (χ4v) is 4.82. The zero-order valence-electron chi connectivity index (χ0n) is 18.8. The van der Waals surface area contributed by atoms with E-state index >= 15 is 0 Å². The third-order valence-electron chi connectivity index (χ3n) is 5.34. The van der Waals surface area contributed by atoms with Crippen molar-refractivity contribution in [2.75, 3.05) is 5.32 Å². The Morgan fingerprint density at radius 3 is 2.76 bits per heavy atom. The van der Waals surface area contributed by atoms with Crippen LogP contribution in [-0.2, 0) is 4.74 Å². The number of thiophene rings is 1. The second-order valence-electron chi connectivity index (χ2n) is 9.10. The Morgan fingerprint density at radius 1 is 1.15 bits per heavy atom. The van der Waals surface area contributed by atoms with E-state index in [0.29, 0.717) is 10.8 Å². The number of carbonyl (C=O) groups is 1. The molecule has 0 fully saturated rings. The number of esters is 1. The first-order chi connectivity index (χ1) is 15.9. The lowest BCUT2D eigenvalue weighted by molar-refractivity contribution is 0.00753. The van der Waals surface area contributed by atoms with Crippen molar-refractivity contribution in [3.05, 3.63) is 83.4 Å². The maximum Gasteiger partial charge on any atom is 0.348 e. The first kappa shape index (κ1) is 21.3. The van der Waals surface area contributed by atoms with E-state index in [-0.39, 0.29) is 12.0 Å². The molecule has 0 spiro atoms. The number of rotatable bonds is 4. The molecule has 0 saturated carbocycles. The van der Waals surface area contributed by atoms with E-state index in [2.05, 4.69) is 40.7 Å². The molecule has 0 aliphatic heterocycles. The molecule has 0 amide bonds. The lowest BCUT2D eigenvalue weighted by atomic mass is 9.97. The minimum atomic E-state index is -0.533. The molecule has 2 heterocycles. The van der Waals surface area contributed by atoms with Crippen molar-refractivity contribution in [1.82, 2.24) is 9.97 Å². The summed E-state index contributed by atoms with van der Waals surface area (Å²) in [4.78, 5) is 22.5. The van der Waals surface area contributed by atoms with Crippen LogP contribution in [0.1, 0.15) is 42.4 Å². The highest BCUT2D eigenvalue weighted by atomic mass is 32.1. The highest BCUT2D eigenvalue weighted by Crippen LogP contribution is 2.32. The zero-order valence-corrected chi connectivity index (χ0v) is 19.6. The number of hydrogen-bond donors (Lipinski definition) is 1. The van der Waals surface area contributed by atoms with Crippen LogP contribution in [0.2, 0.25) is 0 Å². The number of aromatic nitrogens is 2. The molecule has 5 rings (SSSR count). The van der Waals surface area contributed by atoms with Crippen molar-refractivity contribution < 1.29 is 9.53 Å². The molecule has 0 bridgehead atoms. The predicted molar refractivity (Wildman–Crippen MR) is 136 cm³/mol. The topological polar surface area (TPSA) is 64.1 Å². The first-order valence-electron chi connectivity index (χ1n) is 11.0. The van der Waals surface area contributed by atoms with E-state index in [1.54, 1.807) is 0 Å². The number of hydrogen-bond acceptors (Lipinski definition) is 6. The summed E-state index contributed by atoms with van der Waals surface area (Å²) in [5.41, 5.74) is 2.67. The van der Waals surface area contributed by atoms with E-state index < -0.39 is 5.60 Å². The van der Waals surface area contributed by atoms with Crippen molar-refractivity contribution in [3.8, 4) is 0 Å². The molecule has 1 aliphatic carbocycles. The molecule has 1 atom stereocenters. The summed E-state index contributed by atoms with van der Waals surface area (Å²) in [6.07, 6.45) is 9.24. The number of allylic oxidation sites excluding steroid dienone is 2. The van der Waals surface area contributed by atoms with Gasteiger partial charge >= 0.3 is 5.97 Å². The van der Waals surface area contributed by atoms with Gasteiger partial charge < -0.3 is 10.1 Å². The van der Waals surface area contributed by atoms with Crippen molar-refractivity contribution in [1.29, 1.82) is 0 Å². The molecular weight excluding hydrogens is 430 g/mol. The van der Waals surface area contributed by atoms with Gasteiger partial charge in [0, 0.05) is 21.7 Å². The van der Waals surface area contributed by atoms with Gasteiger partial charge in [-0.2, -0.15) is 0 Å². The molecule has 166 valence electrons. The predicted octanol–water partition coefficient (Wildman–Crippen LogP) is 6.62. The average molecular weight is 456 g/mol. The van der Waals surface area contributed by atoms with Crippen molar-refractivity contribution in [3.63, 3.8) is 0 Å². The van der Waals surface area contributed by atoms with Gasteiger partial charge in [-0.15, -0.1) is 11.3 Å². The van der Waals surface area contributed by atoms with Gasteiger partial charge in [-0.1, -0.05) is 48.6 Å². The summed E-state index contributed by atoms with van der Waals surface area (Å²) in [5, 5.41) is 5.33. The molecule has 0 radical (unpaired) electrons. The van der Waals surface area contributed by atoms with E-state index in [0.717, 1.165) is 27.4 Å². The monoisotopic (exact) mass is 455 g/mol. The lowest BCUT2D eigenvalue weighted by Crippen LogP contribution is -2.23. The summed E-state index contributed by atoms with van der Waals surface area (Å²) in [6.45, 7) is 5.62. The maximum atomic E-state index is 12.6. The number of nitrogens with one attached hydrogen (secondary N) is 1. The van der Waals surface area contributed by atoms with Gasteiger partial charge in [0.25, 0.3) is 0 Å². The first-order valence-corrected chi connectivity index (χ1v) is 11.8. The molecule has 1 aliphatic rings. The number of benzene rings is 2.